The maximum absolute atomic E-state index is 12.4. The molecule has 0 bridgehead atoms. The van der Waals surface area contributed by atoms with Crippen molar-refractivity contribution in [3.63, 3.8) is 0 Å². The molecule has 2 atom stereocenters. The summed E-state index contributed by atoms with van der Waals surface area (Å²) in [6.07, 6.45) is -1.49. The molecule has 0 spiro atoms. The van der Waals surface area contributed by atoms with Crippen LogP contribution in [0.4, 0.5) is 13.2 Å². The van der Waals surface area contributed by atoms with Crippen molar-refractivity contribution in [1.29, 1.82) is 0 Å². The number of ether oxygens (including phenoxy) is 1. The van der Waals surface area contributed by atoms with Crippen LogP contribution in [0.3, 0.4) is 0 Å². The topological polar surface area (TPSA) is 81.4 Å². The van der Waals surface area contributed by atoms with E-state index in [1.165, 1.54) is 12.1 Å². The highest BCUT2D eigenvalue weighted by Crippen LogP contribution is 2.27. The molecule has 0 aliphatic heterocycles. The van der Waals surface area contributed by atoms with Crippen LogP contribution in [0.2, 0.25) is 0 Å². The van der Waals surface area contributed by atoms with E-state index in [1.807, 2.05) is 0 Å². The number of halogens is 3. The van der Waals surface area contributed by atoms with Gasteiger partial charge in [0.25, 0.3) is 0 Å². The molecule has 0 radical (unpaired) electrons. The first-order valence-corrected chi connectivity index (χ1v) is 8.78. The van der Waals surface area contributed by atoms with Gasteiger partial charge in [-0.05, 0) is 37.4 Å². The minimum Gasteiger partial charge on any atom is -0.406 e. The molecule has 23 heavy (non-hydrogen) atoms. The number of hydrogen-bond acceptors (Lipinski definition) is 4. The Labute approximate surface area is 133 Å². The van der Waals surface area contributed by atoms with Gasteiger partial charge in [0.2, 0.25) is 10.0 Å². The van der Waals surface area contributed by atoms with E-state index >= 15 is 0 Å². The lowest BCUT2D eigenvalue weighted by atomic mass is 9.85. The van der Waals surface area contributed by atoms with E-state index in [0.717, 1.165) is 31.4 Å². The van der Waals surface area contributed by atoms with Crippen LogP contribution in [0.25, 0.3) is 0 Å². The highest BCUT2D eigenvalue weighted by Gasteiger charge is 2.32. The molecular formula is C14H19F3N2O3S. The number of rotatable bonds is 5. The van der Waals surface area contributed by atoms with Gasteiger partial charge in [0.05, 0.1) is 4.90 Å². The van der Waals surface area contributed by atoms with Gasteiger partial charge in [-0.25, -0.2) is 13.1 Å². The van der Waals surface area contributed by atoms with E-state index in [0.29, 0.717) is 13.0 Å². The monoisotopic (exact) mass is 352 g/mol. The minimum absolute atomic E-state index is 0.0353. The first-order chi connectivity index (χ1) is 10.7. The molecule has 9 heteroatoms. The maximum Gasteiger partial charge on any atom is 0.573 e. The van der Waals surface area contributed by atoms with Crippen molar-refractivity contribution in [2.75, 3.05) is 6.54 Å². The van der Waals surface area contributed by atoms with Crippen molar-refractivity contribution in [1.82, 2.24) is 4.72 Å². The quantitative estimate of drug-likeness (QED) is 0.852. The van der Waals surface area contributed by atoms with Gasteiger partial charge in [0, 0.05) is 12.1 Å². The summed E-state index contributed by atoms with van der Waals surface area (Å²) in [5, 5.41) is 0. The van der Waals surface area contributed by atoms with Crippen molar-refractivity contribution in [2.24, 2.45) is 11.7 Å². The molecule has 1 aromatic carbocycles. The summed E-state index contributed by atoms with van der Waals surface area (Å²) in [5.41, 5.74) is 5.66. The molecule has 2 rings (SSSR count). The van der Waals surface area contributed by atoms with E-state index < -0.39 is 22.1 Å². The van der Waals surface area contributed by atoms with Crippen LogP contribution in [-0.2, 0) is 10.0 Å². The number of nitrogens with two attached hydrogens (primary N) is 1. The summed E-state index contributed by atoms with van der Waals surface area (Å²) >= 11 is 0. The number of benzene rings is 1. The average molecular weight is 352 g/mol. The molecule has 130 valence electrons. The zero-order valence-electron chi connectivity index (χ0n) is 12.3. The second-order valence-corrected chi connectivity index (χ2v) is 7.24. The molecule has 0 heterocycles. The molecule has 0 amide bonds. The predicted octanol–water partition coefficient (Wildman–Crippen LogP) is 2.38. The highest BCUT2D eigenvalue weighted by atomic mass is 32.2. The zero-order chi connectivity index (χ0) is 17.1. The summed E-state index contributed by atoms with van der Waals surface area (Å²) in [5.74, 6) is -0.535. The Hall–Kier alpha value is -1.32. The van der Waals surface area contributed by atoms with Crippen LogP contribution in [0, 0.1) is 5.92 Å². The van der Waals surface area contributed by atoms with Gasteiger partial charge in [0.15, 0.2) is 0 Å². The third kappa shape index (κ3) is 5.08. The first-order valence-electron chi connectivity index (χ1n) is 7.29. The van der Waals surface area contributed by atoms with Crippen molar-refractivity contribution >= 4 is 10.0 Å². The van der Waals surface area contributed by atoms with E-state index in [-0.39, 0.29) is 16.9 Å². The molecule has 1 aliphatic carbocycles. The second-order valence-electron chi connectivity index (χ2n) is 5.53. The van der Waals surface area contributed by atoms with Crippen LogP contribution in [0.5, 0.6) is 5.75 Å². The first kappa shape index (κ1) is 18.0. The summed E-state index contributed by atoms with van der Waals surface area (Å²) in [4.78, 5) is -0.263. The summed E-state index contributed by atoms with van der Waals surface area (Å²) in [7, 11) is -3.93. The Kier molecular flexibility index (Phi) is 5.53. The minimum atomic E-state index is -4.87. The molecule has 5 nitrogen and oxygen atoms in total. The van der Waals surface area contributed by atoms with Crippen molar-refractivity contribution in [3.8, 4) is 5.75 Å². The summed E-state index contributed by atoms with van der Waals surface area (Å²) in [6.45, 7) is 0.365. The number of nitrogens with one attached hydrogen (secondary N) is 1. The van der Waals surface area contributed by atoms with Crippen LogP contribution >= 0.6 is 0 Å². The smallest absolute Gasteiger partial charge is 0.406 e. The van der Waals surface area contributed by atoms with Gasteiger partial charge in [-0.3, -0.25) is 0 Å². The van der Waals surface area contributed by atoms with E-state index in [4.69, 9.17) is 5.73 Å². The van der Waals surface area contributed by atoms with Gasteiger partial charge in [-0.2, -0.15) is 0 Å². The Bertz CT molecular complexity index is 634. The summed E-state index contributed by atoms with van der Waals surface area (Å²) < 4.78 is 67.8. The number of hydrogen-bond donors (Lipinski definition) is 2. The van der Waals surface area contributed by atoms with Gasteiger partial charge in [0.1, 0.15) is 5.75 Å². The third-order valence-electron chi connectivity index (χ3n) is 3.87. The van der Waals surface area contributed by atoms with Crippen molar-refractivity contribution in [2.45, 2.75) is 43.0 Å². The fourth-order valence-corrected chi connectivity index (χ4v) is 4.12. The Morgan fingerprint density at radius 2 is 1.96 bits per heavy atom. The fourth-order valence-electron chi connectivity index (χ4n) is 2.75. The van der Waals surface area contributed by atoms with Crippen LogP contribution in [-0.4, -0.2) is 27.4 Å². The molecule has 2 unspecified atom stereocenters. The van der Waals surface area contributed by atoms with Crippen LogP contribution in [0.1, 0.15) is 25.7 Å². The van der Waals surface area contributed by atoms with E-state index in [1.54, 1.807) is 0 Å². The van der Waals surface area contributed by atoms with E-state index in [2.05, 4.69) is 9.46 Å². The average Bonchev–Trinajstić information content (AvgIpc) is 2.46. The Morgan fingerprint density at radius 3 is 2.61 bits per heavy atom. The lowest BCUT2D eigenvalue weighted by molar-refractivity contribution is -0.274. The maximum atomic E-state index is 12.4. The second kappa shape index (κ2) is 7.06. The third-order valence-corrected chi connectivity index (χ3v) is 5.36. The SMILES string of the molecule is NCC1CCCCC1NS(=O)(=O)c1cccc(OC(F)(F)F)c1. The largest absolute Gasteiger partial charge is 0.573 e. The molecule has 0 aromatic heterocycles. The van der Waals surface area contributed by atoms with Gasteiger partial charge < -0.3 is 10.5 Å². The van der Waals surface area contributed by atoms with Crippen molar-refractivity contribution in [3.05, 3.63) is 24.3 Å². The number of alkyl halides is 3. The highest BCUT2D eigenvalue weighted by molar-refractivity contribution is 7.89. The molecule has 1 aliphatic rings. The number of sulfonamides is 1. The lowest BCUT2D eigenvalue weighted by Crippen LogP contribution is -2.44. The Morgan fingerprint density at radius 1 is 1.26 bits per heavy atom. The fraction of sp³-hybridized carbons (Fsp3) is 0.571. The summed E-state index contributed by atoms with van der Waals surface area (Å²) in [6, 6.07) is 4.04. The van der Waals surface area contributed by atoms with Crippen LogP contribution < -0.4 is 15.2 Å². The Balaban J connectivity index is 2.17. The van der Waals surface area contributed by atoms with Gasteiger partial charge in [-0.15, -0.1) is 13.2 Å². The zero-order valence-corrected chi connectivity index (χ0v) is 13.2. The lowest BCUT2D eigenvalue weighted by Gasteiger charge is -2.31. The van der Waals surface area contributed by atoms with Gasteiger partial charge >= 0.3 is 6.36 Å². The molecule has 1 aromatic rings. The predicted molar refractivity (Wildman–Crippen MR) is 78.2 cm³/mol. The van der Waals surface area contributed by atoms with Crippen LogP contribution in [0.15, 0.2) is 29.2 Å². The molecule has 1 fully saturated rings. The van der Waals surface area contributed by atoms with Gasteiger partial charge in [-0.1, -0.05) is 18.9 Å². The van der Waals surface area contributed by atoms with Crippen molar-refractivity contribution < 1.29 is 26.3 Å². The molecule has 1 saturated carbocycles. The van der Waals surface area contributed by atoms with E-state index in [9.17, 15) is 21.6 Å². The standard InChI is InChI=1S/C14H19F3N2O3S/c15-14(16,17)22-11-5-3-6-12(8-11)23(20,21)19-13-7-2-1-4-10(13)9-18/h3,5-6,8,10,13,19H,1-2,4,7,9,18H2. The molecular weight excluding hydrogens is 333 g/mol. The molecule has 0 saturated heterocycles. The molecule has 3 N–H and O–H groups in total. The normalized spacial score (nSPS) is 22.8.